The van der Waals surface area contributed by atoms with Gasteiger partial charge < -0.3 is 19.6 Å². The number of rotatable bonds is 2. The van der Waals surface area contributed by atoms with E-state index in [9.17, 15) is 0 Å². The van der Waals surface area contributed by atoms with E-state index in [1.807, 2.05) is 6.07 Å². The Labute approximate surface area is 116 Å². The van der Waals surface area contributed by atoms with Crippen molar-refractivity contribution in [2.24, 2.45) is 0 Å². The first kappa shape index (κ1) is 14.1. The van der Waals surface area contributed by atoms with E-state index in [1.54, 1.807) is 6.07 Å². The third-order valence-corrected chi connectivity index (χ3v) is 8.19. The summed E-state index contributed by atoms with van der Waals surface area (Å²) in [5.41, 5.74) is 6.66. The molecule has 1 aromatic rings. The van der Waals surface area contributed by atoms with Gasteiger partial charge >= 0.3 is 0 Å². The van der Waals surface area contributed by atoms with Gasteiger partial charge in [-0.1, -0.05) is 20.8 Å². The fraction of sp³-hybridized carbons (Fsp3) is 0.571. The summed E-state index contributed by atoms with van der Waals surface area (Å²) in [6, 6.07) is 3.64. The third-order valence-electron chi connectivity index (χ3n) is 3.85. The fourth-order valence-corrected chi connectivity index (χ4v) is 2.63. The Bertz CT molecular complexity index is 480. The molecule has 0 saturated carbocycles. The first-order chi connectivity index (χ1) is 8.71. The highest BCUT2D eigenvalue weighted by molar-refractivity contribution is 6.74. The van der Waals surface area contributed by atoms with Crippen LogP contribution in [0.4, 0.5) is 5.69 Å². The van der Waals surface area contributed by atoms with Gasteiger partial charge in [-0.3, -0.25) is 0 Å². The summed E-state index contributed by atoms with van der Waals surface area (Å²) in [5.74, 6) is 2.12. The second kappa shape index (κ2) is 4.63. The largest absolute Gasteiger partial charge is 0.542 e. The van der Waals surface area contributed by atoms with Crippen LogP contribution >= 0.6 is 0 Å². The Morgan fingerprint density at radius 1 is 1.11 bits per heavy atom. The Morgan fingerprint density at radius 2 is 1.63 bits per heavy atom. The quantitative estimate of drug-likeness (QED) is 0.666. The molecule has 2 rings (SSSR count). The monoisotopic (exact) mass is 281 g/mol. The lowest BCUT2D eigenvalue weighted by molar-refractivity contribution is 0.171. The number of benzene rings is 1. The summed E-state index contributed by atoms with van der Waals surface area (Å²) in [4.78, 5) is 0. The third kappa shape index (κ3) is 2.81. The van der Waals surface area contributed by atoms with Gasteiger partial charge in [0.2, 0.25) is 0 Å². The molecule has 0 bridgehead atoms. The van der Waals surface area contributed by atoms with Crippen molar-refractivity contribution in [3.8, 4) is 17.2 Å². The number of hydrogen-bond donors (Lipinski definition) is 1. The molecule has 0 amide bonds. The van der Waals surface area contributed by atoms with Crippen molar-refractivity contribution in [1.82, 2.24) is 0 Å². The molecule has 1 heterocycles. The van der Waals surface area contributed by atoms with Crippen molar-refractivity contribution in [3.05, 3.63) is 12.1 Å². The molecule has 0 fully saturated rings. The van der Waals surface area contributed by atoms with Crippen LogP contribution in [0.5, 0.6) is 17.2 Å². The highest BCUT2D eigenvalue weighted by atomic mass is 28.4. The fourth-order valence-electron chi connectivity index (χ4n) is 1.60. The van der Waals surface area contributed by atoms with Crippen LogP contribution in [0.1, 0.15) is 20.8 Å². The maximum Gasteiger partial charge on any atom is 0.250 e. The highest BCUT2D eigenvalue weighted by Gasteiger charge is 2.39. The van der Waals surface area contributed by atoms with E-state index in [0.717, 1.165) is 0 Å². The predicted molar refractivity (Wildman–Crippen MR) is 79.7 cm³/mol. The molecule has 19 heavy (non-hydrogen) atoms. The van der Waals surface area contributed by atoms with E-state index in [2.05, 4.69) is 33.9 Å². The van der Waals surface area contributed by atoms with Crippen LogP contribution in [0, 0.1) is 0 Å². The maximum absolute atomic E-state index is 6.24. The van der Waals surface area contributed by atoms with Crippen LogP contribution in [-0.4, -0.2) is 21.5 Å². The zero-order chi connectivity index (χ0) is 14.3. The van der Waals surface area contributed by atoms with Crippen molar-refractivity contribution in [3.63, 3.8) is 0 Å². The zero-order valence-electron chi connectivity index (χ0n) is 12.4. The standard InChI is InChI=1S/C14H23NO3Si/c1-14(2,3)19(4,5)18-11-9-13-12(8-10(11)15)16-6-7-17-13/h8-9H,6-7,15H2,1-5H3. The summed E-state index contributed by atoms with van der Waals surface area (Å²) in [7, 11) is -1.90. The van der Waals surface area contributed by atoms with Crippen molar-refractivity contribution in [1.29, 1.82) is 0 Å². The minimum atomic E-state index is -1.90. The van der Waals surface area contributed by atoms with Crippen molar-refractivity contribution in [2.75, 3.05) is 18.9 Å². The number of ether oxygens (including phenoxy) is 2. The summed E-state index contributed by atoms with van der Waals surface area (Å²) in [5, 5.41) is 0.132. The second-order valence-electron chi connectivity index (χ2n) is 6.40. The summed E-state index contributed by atoms with van der Waals surface area (Å²) in [6.07, 6.45) is 0. The summed E-state index contributed by atoms with van der Waals surface area (Å²) in [6.45, 7) is 12.1. The Kier molecular flexibility index (Phi) is 3.43. The van der Waals surface area contributed by atoms with Crippen molar-refractivity contribution < 1.29 is 13.9 Å². The Balaban J connectivity index is 2.31. The van der Waals surface area contributed by atoms with Gasteiger partial charge in [-0.15, -0.1) is 0 Å². The predicted octanol–water partition coefficient (Wildman–Crippen LogP) is 3.42. The molecular formula is C14H23NO3Si. The normalized spacial score (nSPS) is 15.2. The SMILES string of the molecule is CC(C)(C)[Si](C)(C)Oc1cc2c(cc1N)OCCO2. The van der Waals surface area contributed by atoms with E-state index < -0.39 is 8.32 Å². The number of anilines is 1. The number of fused-ring (bicyclic) bond motifs is 1. The molecule has 0 unspecified atom stereocenters. The van der Waals surface area contributed by atoms with Crippen molar-refractivity contribution in [2.45, 2.75) is 38.9 Å². The van der Waals surface area contributed by atoms with Crippen molar-refractivity contribution >= 4 is 14.0 Å². The molecule has 0 aliphatic carbocycles. The minimum absolute atomic E-state index is 0.132. The molecule has 0 aromatic heterocycles. The lowest BCUT2D eigenvalue weighted by Gasteiger charge is -2.37. The van der Waals surface area contributed by atoms with Gasteiger partial charge in [0.05, 0.1) is 5.69 Å². The topological polar surface area (TPSA) is 53.7 Å². The van der Waals surface area contributed by atoms with Gasteiger partial charge in [0, 0.05) is 12.1 Å². The zero-order valence-corrected chi connectivity index (χ0v) is 13.4. The summed E-state index contributed by atoms with van der Waals surface area (Å²) >= 11 is 0. The average molecular weight is 281 g/mol. The van der Waals surface area contributed by atoms with Gasteiger partial charge in [-0.25, -0.2) is 0 Å². The first-order valence-electron chi connectivity index (χ1n) is 6.59. The van der Waals surface area contributed by atoms with E-state index >= 15 is 0 Å². The number of hydrogen-bond acceptors (Lipinski definition) is 4. The summed E-state index contributed by atoms with van der Waals surface area (Å²) < 4.78 is 17.3. The molecule has 1 aliphatic rings. The number of nitrogen functional groups attached to an aromatic ring is 1. The molecule has 5 heteroatoms. The molecular weight excluding hydrogens is 258 g/mol. The average Bonchev–Trinajstić information content (AvgIpc) is 2.28. The molecule has 1 aromatic carbocycles. The molecule has 0 saturated heterocycles. The molecule has 0 radical (unpaired) electrons. The van der Waals surface area contributed by atoms with Crippen LogP contribution in [0.3, 0.4) is 0 Å². The molecule has 4 nitrogen and oxygen atoms in total. The van der Waals surface area contributed by atoms with E-state index in [1.165, 1.54) is 0 Å². The molecule has 0 atom stereocenters. The van der Waals surface area contributed by atoms with Crippen LogP contribution in [0.15, 0.2) is 12.1 Å². The number of nitrogens with two attached hydrogens (primary N) is 1. The van der Waals surface area contributed by atoms with E-state index in [4.69, 9.17) is 19.6 Å². The lowest BCUT2D eigenvalue weighted by atomic mass is 10.2. The van der Waals surface area contributed by atoms with Crippen LogP contribution < -0.4 is 19.6 Å². The van der Waals surface area contributed by atoms with E-state index in [-0.39, 0.29) is 5.04 Å². The van der Waals surface area contributed by atoms with Gasteiger partial charge in [0.1, 0.15) is 19.0 Å². The minimum Gasteiger partial charge on any atom is -0.542 e. The molecule has 0 spiro atoms. The molecule has 1 aliphatic heterocycles. The van der Waals surface area contributed by atoms with Gasteiger partial charge in [0.15, 0.2) is 11.5 Å². The van der Waals surface area contributed by atoms with Crippen LogP contribution in [0.2, 0.25) is 18.1 Å². The van der Waals surface area contributed by atoms with Crippen LogP contribution in [-0.2, 0) is 0 Å². The maximum atomic E-state index is 6.24. The Morgan fingerprint density at radius 3 is 2.16 bits per heavy atom. The highest BCUT2D eigenvalue weighted by Crippen LogP contribution is 2.43. The second-order valence-corrected chi connectivity index (χ2v) is 11.1. The van der Waals surface area contributed by atoms with Gasteiger partial charge in [-0.2, -0.15) is 0 Å². The van der Waals surface area contributed by atoms with Gasteiger partial charge in [-0.05, 0) is 18.1 Å². The smallest absolute Gasteiger partial charge is 0.250 e. The van der Waals surface area contributed by atoms with Gasteiger partial charge in [0.25, 0.3) is 8.32 Å². The Hall–Kier alpha value is -1.36. The molecule has 106 valence electrons. The van der Waals surface area contributed by atoms with Crippen LogP contribution in [0.25, 0.3) is 0 Å². The first-order valence-corrected chi connectivity index (χ1v) is 9.50. The molecule has 2 N–H and O–H groups in total. The van der Waals surface area contributed by atoms with E-state index in [0.29, 0.717) is 36.1 Å². The lowest BCUT2D eigenvalue weighted by Crippen LogP contribution is -2.44.